The second kappa shape index (κ2) is 4.62. The van der Waals surface area contributed by atoms with Crippen molar-refractivity contribution < 1.29 is 4.57 Å². The van der Waals surface area contributed by atoms with Gasteiger partial charge in [0, 0.05) is 20.9 Å². The zero-order chi connectivity index (χ0) is 12.4. The molecule has 0 aliphatic rings. The normalized spacial score (nSPS) is 10.6. The molecule has 1 heterocycles. The molecule has 0 atom stereocenters. The molecule has 0 fully saturated rings. The molecule has 0 aliphatic carbocycles. The third-order valence-electron chi connectivity index (χ3n) is 3.34. The van der Waals surface area contributed by atoms with Crippen molar-refractivity contribution in [2.75, 3.05) is 12.1 Å². The zero-order valence-corrected chi connectivity index (χ0v) is 11.0. The monoisotopic (exact) mass is 230 g/mol. The van der Waals surface area contributed by atoms with E-state index in [1.807, 2.05) is 6.07 Å². The fourth-order valence-electron chi connectivity index (χ4n) is 2.07. The van der Waals surface area contributed by atoms with Gasteiger partial charge in [0.1, 0.15) is 5.69 Å². The van der Waals surface area contributed by atoms with Crippen molar-refractivity contribution in [3.63, 3.8) is 0 Å². The van der Waals surface area contributed by atoms with E-state index in [4.69, 9.17) is 0 Å². The number of hydrogen-bond acceptors (Lipinski definition) is 1. The molecule has 3 heteroatoms. The highest BCUT2D eigenvalue weighted by atomic mass is 15.6. The molecular weight excluding hydrogens is 210 g/mol. The summed E-state index contributed by atoms with van der Waals surface area (Å²) >= 11 is 0. The van der Waals surface area contributed by atoms with Crippen LogP contribution in [0.4, 0.5) is 5.69 Å². The predicted octanol–water partition coefficient (Wildman–Crippen LogP) is 2.31. The molecule has 3 nitrogen and oxygen atoms in total. The fourth-order valence-corrected chi connectivity index (χ4v) is 2.07. The van der Waals surface area contributed by atoms with E-state index in [0.717, 1.165) is 6.54 Å². The maximum Gasteiger partial charge on any atom is 0.268 e. The first-order valence-electron chi connectivity index (χ1n) is 6.02. The Hall–Kier alpha value is -1.77. The van der Waals surface area contributed by atoms with Gasteiger partial charge in [0.15, 0.2) is 5.69 Å². The number of imidazole rings is 1. The van der Waals surface area contributed by atoms with Crippen molar-refractivity contribution in [1.29, 1.82) is 0 Å². The second-order valence-electron chi connectivity index (χ2n) is 4.28. The first kappa shape index (κ1) is 11.7. The molecule has 2 rings (SSSR count). The van der Waals surface area contributed by atoms with Gasteiger partial charge in [-0.05, 0) is 19.1 Å². The lowest BCUT2D eigenvalue weighted by molar-refractivity contribution is -0.698. The van der Waals surface area contributed by atoms with Gasteiger partial charge in [-0.3, -0.25) is 0 Å². The highest BCUT2D eigenvalue weighted by molar-refractivity contribution is 5.44. The van der Waals surface area contributed by atoms with E-state index in [2.05, 4.69) is 72.7 Å². The first-order chi connectivity index (χ1) is 8.15. The molecule has 90 valence electrons. The van der Waals surface area contributed by atoms with Gasteiger partial charge in [0.05, 0.1) is 12.2 Å². The van der Waals surface area contributed by atoms with Crippen LogP contribution in [-0.2, 0) is 6.54 Å². The van der Waals surface area contributed by atoms with Crippen LogP contribution in [0.2, 0.25) is 0 Å². The zero-order valence-electron chi connectivity index (χ0n) is 11.0. The van der Waals surface area contributed by atoms with Gasteiger partial charge in [-0.25, -0.2) is 9.58 Å². The summed E-state index contributed by atoms with van der Waals surface area (Å²) in [6, 6.07) is 10.4. The number of aromatic nitrogens is 2. The molecular formula is C14H20N3+. The third-order valence-corrected chi connectivity index (χ3v) is 3.34. The van der Waals surface area contributed by atoms with E-state index in [9.17, 15) is 0 Å². The van der Waals surface area contributed by atoms with Crippen LogP contribution < -0.4 is 9.58 Å². The largest absolute Gasteiger partial charge is 0.268 e. The van der Waals surface area contributed by atoms with Crippen molar-refractivity contribution in [1.82, 2.24) is 4.68 Å². The minimum Gasteiger partial charge on any atom is -0.232 e. The molecule has 1 aromatic carbocycles. The second-order valence-corrected chi connectivity index (χ2v) is 4.28. The average Bonchev–Trinajstić information content (AvgIpc) is 2.66. The summed E-state index contributed by atoms with van der Waals surface area (Å²) in [5.74, 6) is 0. The predicted molar refractivity (Wildman–Crippen MR) is 70.0 cm³/mol. The maximum atomic E-state index is 2.26. The quantitative estimate of drug-likeness (QED) is 0.737. The number of rotatable bonds is 3. The number of hydrogen-bond donors (Lipinski definition) is 0. The molecule has 0 radical (unpaired) electrons. The Morgan fingerprint density at radius 3 is 2.35 bits per heavy atom. The summed E-state index contributed by atoms with van der Waals surface area (Å²) in [5, 5.41) is 2.16. The van der Waals surface area contributed by atoms with Gasteiger partial charge < -0.3 is 0 Å². The van der Waals surface area contributed by atoms with Crippen molar-refractivity contribution >= 4 is 5.69 Å². The van der Waals surface area contributed by atoms with Gasteiger partial charge in [-0.1, -0.05) is 18.2 Å². The van der Waals surface area contributed by atoms with Crippen LogP contribution in [-0.4, -0.2) is 11.7 Å². The molecule has 2 aromatic rings. The molecule has 0 spiro atoms. The fraction of sp³-hybridized carbons (Fsp3) is 0.357. The Bertz CT molecular complexity index is 500. The molecule has 0 aliphatic heterocycles. The molecule has 0 amide bonds. The average molecular weight is 230 g/mol. The van der Waals surface area contributed by atoms with Gasteiger partial charge in [0.25, 0.3) is 6.33 Å². The summed E-state index contributed by atoms with van der Waals surface area (Å²) in [6.45, 7) is 7.48. The van der Waals surface area contributed by atoms with Crippen molar-refractivity contribution in [3.05, 3.63) is 48.0 Å². The van der Waals surface area contributed by atoms with Crippen molar-refractivity contribution in [2.24, 2.45) is 0 Å². The SMILES string of the molecule is CC[n+]1cn(N(C)c2ccccc2)c(C)c1C. The smallest absolute Gasteiger partial charge is 0.232 e. The first-order valence-corrected chi connectivity index (χ1v) is 6.02. The standard InChI is InChI=1S/C14H20N3/c1-5-16-11-17(13(3)12(16)2)15(4)14-9-7-6-8-10-14/h6-11H,5H2,1-4H3/q+1. The van der Waals surface area contributed by atoms with Crippen LogP contribution in [0.5, 0.6) is 0 Å². The number of nitrogens with zero attached hydrogens (tertiary/aromatic N) is 3. The van der Waals surface area contributed by atoms with Crippen molar-refractivity contribution in [2.45, 2.75) is 27.3 Å². The molecule has 0 unspecified atom stereocenters. The van der Waals surface area contributed by atoms with E-state index in [1.165, 1.54) is 17.1 Å². The lowest BCUT2D eigenvalue weighted by Gasteiger charge is -2.15. The number of benzene rings is 1. The van der Waals surface area contributed by atoms with Crippen LogP contribution in [0, 0.1) is 13.8 Å². The van der Waals surface area contributed by atoms with E-state index >= 15 is 0 Å². The lowest BCUT2D eigenvalue weighted by Crippen LogP contribution is -2.34. The Morgan fingerprint density at radius 1 is 1.18 bits per heavy atom. The molecule has 1 aromatic heterocycles. The molecule has 0 N–H and O–H groups in total. The highest BCUT2D eigenvalue weighted by Crippen LogP contribution is 2.14. The van der Waals surface area contributed by atoms with E-state index < -0.39 is 0 Å². The highest BCUT2D eigenvalue weighted by Gasteiger charge is 2.18. The summed E-state index contributed by atoms with van der Waals surface area (Å²) in [7, 11) is 2.09. The molecule has 0 bridgehead atoms. The Labute approximate surface area is 103 Å². The van der Waals surface area contributed by atoms with Crippen molar-refractivity contribution in [3.8, 4) is 0 Å². The van der Waals surface area contributed by atoms with Gasteiger partial charge in [-0.15, -0.1) is 4.68 Å². The van der Waals surface area contributed by atoms with Crippen LogP contribution in [0.15, 0.2) is 36.7 Å². The topological polar surface area (TPSA) is 12.0 Å². The number of aryl methyl sites for hydroxylation is 1. The lowest BCUT2D eigenvalue weighted by atomic mass is 10.3. The van der Waals surface area contributed by atoms with Crippen LogP contribution in [0.1, 0.15) is 18.3 Å². The Kier molecular flexibility index (Phi) is 3.18. The van der Waals surface area contributed by atoms with Crippen LogP contribution in [0.25, 0.3) is 0 Å². The third kappa shape index (κ3) is 2.05. The number of anilines is 1. The Balaban J connectivity index is 2.41. The van der Waals surface area contributed by atoms with E-state index in [-0.39, 0.29) is 0 Å². The maximum absolute atomic E-state index is 2.26. The summed E-state index contributed by atoms with van der Waals surface area (Å²) < 4.78 is 4.45. The minimum atomic E-state index is 1.00. The van der Waals surface area contributed by atoms with Gasteiger partial charge >= 0.3 is 0 Å². The van der Waals surface area contributed by atoms with Gasteiger partial charge in [0.2, 0.25) is 0 Å². The van der Waals surface area contributed by atoms with E-state index in [0.29, 0.717) is 0 Å². The van der Waals surface area contributed by atoms with Gasteiger partial charge in [-0.2, -0.15) is 0 Å². The minimum absolute atomic E-state index is 1.00. The summed E-state index contributed by atoms with van der Waals surface area (Å²) in [5.41, 5.74) is 3.78. The van der Waals surface area contributed by atoms with Crippen LogP contribution in [0.3, 0.4) is 0 Å². The summed E-state index contributed by atoms with van der Waals surface area (Å²) in [6.07, 6.45) is 2.15. The molecule has 17 heavy (non-hydrogen) atoms. The molecule has 0 saturated carbocycles. The number of para-hydroxylation sites is 1. The van der Waals surface area contributed by atoms with Crippen LogP contribution >= 0.6 is 0 Å². The Morgan fingerprint density at radius 2 is 1.82 bits per heavy atom. The summed E-state index contributed by atoms with van der Waals surface area (Å²) in [4.78, 5) is 0. The van der Waals surface area contributed by atoms with E-state index in [1.54, 1.807) is 0 Å². The molecule has 0 saturated heterocycles.